The second-order valence-electron chi connectivity index (χ2n) is 3.71. The van der Waals surface area contributed by atoms with Crippen LogP contribution in [0.4, 0.5) is 0 Å². The summed E-state index contributed by atoms with van der Waals surface area (Å²) in [5, 5.41) is 12.7. The van der Waals surface area contributed by atoms with Gasteiger partial charge in [0.25, 0.3) is 0 Å². The number of piperidine rings is 1. The normalized spacial score (nSPS) is 17.8. The fraction of sp³-hybridized carbons (Fsp3) is 0.455. The third-order valence-corrected chi connectivity index (χ3v) is 4.45. The zero-order valence-corrected chi connectivity index (χ0v) is 10.9. The van der Waals surface area contributed by atoms with E-state index in [0.29, 0.717) is 10.6 Å². The predicted molar refractivity (Wildman–Crippen MR) is 68.5 cm³/mol. The van der Waals surface area contributed by atoms with Crippen molar-refractivity contribution >= 4 is 23.2 Å². The van der Waals surface area contributed by atoms with E-state index in [1.807, 2.05) is 6.07 Å². The highest BCUT2D eigenvalue weighted by molar-refractivity contribution is 7.85. The summed E-state index contributed by atoms with van der Waals surface area (Å²) in [7, 11) is -1.15. The maximum atomic E-state index is 12.2. The number of aromatic nitrogens is 1. The molecule has 92 valence electrons. The topological polar surface area (TPSA) is 65.8 Å². The molecule has 0 bridgehead atoms. The molecular formula is C11H14ClN3OS. The highest BCUT2D eigenvalue weighted by Crippen LogP contribution is 2.18. The van der Waals surface area contributed by atoms with Gasteiger partial charge in [-0.25, -0.2) is 4.98 Å². The van der Waals surface area contributed by atoms with Crippen LogP contribution in [0, 0.1) is 11.3 Å². The van der Waals surface area contributed by atoms with E-state index in [0.717, 1.165) is 25.9 Å². The fourth-order valence-electron chi connectivity index (χ4n) is 1.80. The van der Waals surface area contributed by atoms with Gasteiger partial charge in [0.05, 0.1) is 16.4 Å². The van der Waals surface area contributed by atoms with Gasteiger partial charge < -0.3 is 5.32 Å². The largest absolute Gasteiger partial charge is 0.317 e. The molecule has 1 atom stereocenters. The Morgan fingerprint density at radius 1 is 1.47 bits per heavy atom. The van der Waals surface area contributed by atoms with Gasteiger partial charge in [-0.1, -0.05) is 0 Å². The Bertz CT molecular complexity index is 441. The zero-order valence-electron chi connectivity index (χ0n) is 9.26. The first-order valence-corrected chi connectivity index (χ1v) is 6.50. The average Bonchev–Trinajstić information content (AvgIpc) is 2.39. The highest BCUT2D eigenvalue weighted by Gasteiger charge is 2.23. The molecule has 0 saturated carbocycles. The minimum Gasteiger partial charge on any atom is -0.317 e. The van der Waals surface area contributed by atoms with E-state index in [4.69, 9.17) is 5.26 Å². The van der Waals surface area contributed by atoms with Crippen LogP contribution in [0.3, 0.4) is 0 Å². The van der Waals surface area contributed by atoms with Gasteiger partial charge in [-0.2, -0.15) is 5.26 Å². The molecule has 4 nitrogen and oxygen atoms in total. The third-order valence-electron chi connectivity index (χ3n) is 2.67. The van der Waals surface area contributed by atoms with Gasteiger partial charge in [-0.3, -0.25) is 4.21 Å². The Labute approximate surface area is 109 Å². The van der Waals surface area contributed by atoms with Crippen LogP contribution in [0.25, 0.3) is 0 Å². The lowest BCUT2D eigenvalue weighted by Gasteiger charge is -2.21. The van der Waals surface area contributed by atoms with Gasteiger partial charge in [0, 0.05) is 11.4 Å². The standard InChI is InChI=1S/C11H13N3OS.ClH/c12-8-9-2-1-5-14-11(9)16(15)10-3-6-13-7-4-10;/h1-2,5,10,13H,3-4,6-7H2;1H. The number of nitrogens with zero attached hydrogens (tertiary/aromatic N) is 2. The molecule has 1 fully saturated rings. The lowest BCUT2D eigenvalue weighted by molar-refractivity contribution is 0.518. The van der Waals surface area contributed by atoms with Gasteiger partial charge >= 0.3 is 0 Å². The molecule has 2 heterocycles. The van der Waals surface area contributed by atoms with E-state index in [9.17, 15) is 4.21 Å². The van der Waals surface area contributed by atoms with E-state index in [2.05, 4.69) is 10.3 Å². The van der Waals surface area contributed by atoms with Crippen molar-refractivity contribution in [3.05, 3.63) is 23.9 Å². The van der Waals surface area contributed by atoms with Crippen molar-refractivity contribution in [2.75, 3.05) is 13.1 Å². The molecule has 1 aromatic heterocycles. The van der Waals surface area contributed by atoms with Crippen molar-refractivity contribution in [3.63, 3.8) is 0 Å². The molecule has 0 spiro atoms. The average molecular weight is 272 g/mol. The molecule has 1 aromatic rings. The van der Waals surface area contributed by atoms with E-state index in [1.54, 1.807) is 18.3 Å². The molecule has 6 heteroatoms. The Morgan fingerprint density at radius 3 is 2.82 bits per heavy atom. The lowest BCUT2D eigenvalue weighted by Crippen LogP contribution is -2.33. The van der Waals surface area contributed by atoms with Crippen LogP contribution in [0.2, 0.25) is 0 Å². The second kappa shape index (κ2) is 6.70. The van der Waals surface area contributed by atoms with Crippen LogP contribution in [-0.4, -0.2) is 27.5 Å². The summed E-state index contributed by atoms with van der Waals surface area (Å²) in [5.41, 5.74) is 0.430. The molecule has 0 aromatic carbocycles. The quantitative estimate of drug-likeness (QED) is 0.879. The van der Waals surface area contributed by atoms with Gasteiger partial charge in [-0.05, 0) is 38.1 Å². The Balaban J connectivity index is 0.00000144. The van der Waals surface area contributed by atoms with Crippen molar-refractivity contribution in [2.45, 2.75) is 23.1 Å². The molecule has 2 rings (SSSR count). The summed E-state index contributed by atoms with van der Waals surface area (Å²) in [4.78, 5) is 4.08. The second-order valence-corrected chi connectivity index (χ2v) is 5.36. The summed E-state index contributed by atoms with van der Waals surface area (Å²) >= 11 is 0. The van der Waals surface area contributed by atoms with Gasteiger partial charge in [0.2, 0.25) is 0 Å². The van der Waals surface area contributed by atoms with Crippen molar-refractivity contribution in [1.82, 2.24) is 10.3 Å². The van der Waals surface area contributed by atoms with Crippen LogP contribution >= 0.6 is 12.4 Å². The van der Waals surface area contributed by atoms with Crippen LogP contribution in [-0.2, 0) is 10.8 Å². The smallest absolute Gasteiger partial charge is 0.145 e. The SMILES string of the molecule is Cl.N#Cc1cccnc1S(=O)C1CCNCC1. The molecule has 0 radical (unpaired) electrons. The number of nitrogens with one attached hydrogen (secondary N) is 1. The summed E-state index contributed by atoms with van der Waals surface area (Å²) in [5.74, 6) is 0. The number of pyridine rings is 1. The summed E-state index contributed by atoms with van der Waals surface area (Å²) in [6, 6.07) is 5.41. The molecule has 0 aliphatic carbocycles. The maximum Gasteiger partial charge on any atom is 0.145 e. The van der Waals surface area contributed by atoms with Crippen LogP contribution < -0.4 is 5.32 Å². The summed E-state index contributed by atoms with van der Waals surface area (Å²) in [6.07, 6.45) is 3.36. The van der Waals surface area contributed by atoms with Crippen molar-refractivity contribution < 1.29 is 4.21 Å². The lowest BCUT2D eigenvalue weighted by atomic mass is 10.2. The Morgan fingerprint density at radius 2 is 2.18 bits per heavy atom. The fourth-order valence-corrected chi connectivity index (χ4v) is 3.28. The first kappa shape index (κ1) is 14.1. The Kier molecular flexibility index (Phi) is 5.56. The van der Waals surface area contributed by atoms with Gasteiger partial charge in [0.15, 0.2) is 0 Å². The van der Waals surface area contributed by atoms with Gasteiger partial charge in [0.1, 0.15) is 11.1 Å². The van der Waals surface area contributed by atoms with E-state index in [1.165, 1.54) is 0 Å². The highest BCUT2D eigenvalue weighted by atomic mass is 35.5. The molecule has 1 saturated heterocycles. The summed E-state index contributed by atoms with van der Waals surface area (Å²) in [6.45, 7) is 1.79. The van der Waals surface area contributed by atoms with E-state index >= 15 is 0 Å². The van der Waals surface area contributed by atoms with Crippen LogP contribution in [0.15, 0.2) is 23.4 Å². The molecule has 1 unspecified atom stereocenters. The molecule has 17 heavy (non-hydrogen) atoms. The van der Waals surface area contributed by atoms with Crippen LogP contribution in [0.1, 0.15) is 18.4 Å². The van der Waals surface area contributed by atoms with Crippen molar-refractivity contribution in [2.24, 2.45) is 0 Å². The third kappa shape index (κ3) is 3.25. The molecule has 1 aliphatic rings. The number of nitriles is 1. The summed E-state index contributed by atoms with van der Waals surface area (Å²) < 4.78 is 12.2. The van der Waals surface area contributed by atoms with E-state index < -0.39 is 10.8 Å². The maximum absolute atomic E-state index is 12.2. The number of hydrogen-bond acceptors (Lipinski definition) is 4. The molecule has 1 aliphatic heterocycles. The van der Waals surface area contributed by atoms with E-state index in [-0.39, 0.29) is 17.7 Å². The molecular weight excluding hydrogens is 258 g/mol. The van der Waals surface area contributed by atoms with Gasteiger partial charge in [-0.15, -0.1) is 12.4 Å². The predicted octanol–water partition coefficient (Wildman–Crippen LogP) is 1.23. The Hall–Kier alpha value is -0.960. The minimum absolute atomic E-state index is 0. The first-order valence-electron chi connectivity index (χ1n) is 5.29. The number of rotatable bonds is 2. The number of halogens is 1. The molecule has 0 amide bonds. The number of hydrogen-bond donors (Lipinski definition) is 1. The van der Waals surface area contributed by atoms with Crippen molar-refractivity contribution in [1.29, 1.82) is 5.26 Å². The van der Waals surface area contributed by atoms with Crippen molar-refractivity contribution in [3.8, 4) is 6.07 Å². The zero-order chi connectivity index (χ0) is 11.4. The molecule has 1 N–H and O–H groups in total. The van der Waals surface area contributed by atoms with Crippen LogP contribution in [0.5, 0.6) is 0 Å². The minimum atomic E-state index is -1.15. The first-order chi connectivity index (χ1) is 7.83. The monoisotopic (exact) mass is 271 g/mol.